The quantitative estimate of drug-likeness (QED) is 0.795. The lowest BCUT2D eigenvalue weighted by Crippen LogP contribution is -2.49. The molecule has 0 radical (unpaired) electrons. The van der Waals surface area contributed by atoms with Gasteiger partial charge >= 0.3 is 0 Å². The van der Waals surface area contributed by atoms with Crippen molar-refractivity contribution < 1.29 is 9.59 Å². The number of amides is 2. The van der Waals surface area contributed by atoms with E-state index in [9.17, 15) is 9.59 Å². The van der Waals surface area contributed by atoms with E-state index >= 15 is 0 Å². The zero-order valence-corrected chi connectivity index (χ0v) is 14.1. The van der Waals surface area contributed by atoms with Crippen LogP contribution in [0.4, 0.5) is 0 Å². The first-order valence-corrected chi connectivity index (χ1v) is 8.29. The van der Waals surface area contributed by atoms with Gasteiger partial charge in [-0.2, -0.15) is 0 Å². The fourth-order valence-corrected chi connectivity index (χ4v) is 2.44. The van der Waals surface area contributed by atoms with Crippen molar-refractivity contribution >= 4 is 23.6 Å². The first kappa shape index (κ1) is 17.6. The highest BCUT2D eigenvalue weighted by molar-refractivity contribution is 7.98. The Morgan fingerprint density at radius 1 is 1.05 bits per heavy atom. The molecule has 0 aliphatic heterocycles. The summed E-state index contributed by atoms with van der Waals surface area (Å²) >= 11 is 1.68. The van der Waals surface area contributed by atoms with Crippen LogP contribution >= 0.6 is 11.8 Å². The molecule has 0 aromatic heterocycles. The second-order valence-electron chi connectivity index (χ2n) is 5.43. The maximum Gasteiger partial charge on any atom is 0.243 e. The average Bonchev–Trinajstić information content (AvgIpc) is 2.44. The van der Waals surface area contributed by atoms with Crippen LogP contribution in [0, 0.1) is 5.92 Å². The summed E-state index contributed by atoms with van der Waals surface area (Å²) in [5, 5.41) is 5.66. The molecule has 0 spiro atoms. The SMILES string of the molecule is CSc1ccc([C@H](C)NC(=O)[C@@H](NC(C)=O)C(C)C)cc1. The van der Waals surface area contributed by atoms with E-state index in [1.54, 1.807) is 11.8 Å². The summed E-state index contributed by atoms with van der Waals surface area (Å²) < 4.78 is 0. The second kappa shape index (κ2) is 8.08. The lowest BCUT2D eigenvalue weighted by Gasteiger charge is -2.23. The highest BCUT2D eigenvalue weighted by Gasteiger charge is 2.24. The van der Waals surface area contributed by atoms with Crippen molar-refractivity contribution in [3.8, 4) is 0 Å². The summed E-state index contributed by atoms with van der Waals surface area (Å²) in [7, 11) is 0. The van der Waals surface area contributed by atoms with E-state index in [4.69, 9.17) is 0 Å². The van der Waals surface area contributed by atoms with Gasteiger partial charge in [0.15, 0.2) is 0 Å². The van der Waals surface area contributed by atoms with Crippen molar-refractivity contribution in [1.29, 1.82) is 0 Å². The monoisotopic (exact) mass is 308 g/mol. The third-order valence-electron chi connectivity index (χ3n) is 3.28. The number of benzene rings is 1. The average molecular weight is 308 g/mol. The van der Waals surface area contributed by atoms with Gasteiger partial charge in [0.2, 0.25) is 11.8 Å². The fourth-order valence-electron chi connectivity index (χ4n) is 2.03. The van der Waals surface area contributed by atoms with Gasteiger partial charge in [-0.05, 0) is 36.8 Å². The van der Waals surface area contributed by atoms with E-state index in [2.05, 4.69) is 10.6 Å². The van der Waals surface area contributed by atoms with Crippen LogP contribution in [-0.4, -0.2) is 24.1 Å². The highest BCUT2D eigenvalue weighted by atomic mass is 32.2. The summed E-state index contributed by atoms with van der Waals surface area (Å²) in [4.78, 5) is 24.7. The van der Waals surface area contributed by atoms with E-state index < -0.39 is 6.04 Å². The Balaban J connectivity index is 2.72. The number of carbonyl (C=O) groups excluding carboxylic acids is 2. The van der Waals surface area contributed by atoms with Gasteiger partial charge in [0.05, 0.1) is 6.04 Å². The molecule has 0 unspecified atom stereocenters. The van der Waals surface area contributed by atoms with Gasteiger partial charge in [0.25, 0.3) is 0 Å². The highest BCUT2D eigenvalue weighted by Crippen LogP contribution is 2.19. The summed E-state index contributed by atoms with van der Waals surface area (Å²) in [6.45, 7) is 7.20. The summed E-state index contributed by atoms with van der Waals surface area (Å²) in [6.07, 6.45) is 2.03. The van der Waals surface area contributed by atoms with Crippen LogP contribution in [0.2, 0.25) is 0 Å². The van der Waals surface area contributed by atoms with Crippen molar-refractivity contribution in [2.45, 2.75) is 44.7 Å². The van der Waals surface area contributed by atoms with E-state index in [0.717, 1.165) is 5.56 Å². The van der Waals surface area contributed by atoms with Gasteiger partial charge in [0, 0.05) is 11.8 Å². The van der Waals surface area contributed by atoms with Crippen LogP contribution in [0.25, 0.3) is 0 Å². The van der Waals surface area contributed by atoms with Gasteiger partial charge in [-0.15, -0.1) is 11.8 Å². The maximum absolute atomic E-state index is 12.3. The minimum Gasteiger partial charge on any atom is -0.348 e. The molecule has 2 N–H and O–H groups in total. The lowest BCUT2D eigenvalue weighted by molar-refractivity contribution is -0.129. The molecule has 2 amide bonds. The van der Waals surface area contributed by atoms with Crippen LogP contribution < -0.4 is 10.6 Å². The number of rotatable bonds is 6. The zero-order chi connectivity index (χ0) is 16.0. The molecule has 1 aromatic carbocycles. The summed E-state index contributed by atoms with van der Waals surface area (Å²) in [6, 6.07) is 7.50. The molecule has 1 rings (SSSR count). The largest absolute Gasteiger partial charge is 0.348 e. The smallest absolute Gasteiger partial charge is 0.243 e. The molecule has 5 heteroatoms. The molecule has 0 heterocycles. The summed E-state index contributed by atoms with van der Waals surface area (Å²) in [5.41, 5.74) is 1.05. The molecule has 4 nitrogen and oxygen atoms in total. The lowest BCUT2D eigenvalue weighted by atomic mass is 10.0. The zero-order valence-electron chi connectivity index (χ0n) is 13.3. The molecule has 0 aliphatic carbocycles. The Morgan fingerprint density at radius 2 is 1.62 bits per heavy atom. The van der Waals surface area contributed by atoms with Crippen molar-refractivity contribution in [2.24, 2.45) is 5.92 Å². The number of hydrogen-bond acceptors (Lipinski definition) is 3. The standard InChI is InChI=1S/C16H24N2O2S/c1-10(2)15(18-12(4)19)16(20)17-11(3)13-6-8-14(21-5)9-7-13/h6-11,15H,1-5H3,(H,17,20)(H,18,19)/t11-,15-/m0/s1. The number of thioether (sulfide) groups is 1. The van der Waals surface area contributed by atoms with Crippen molar-refractivity contribution in [3.05, 3.63) is 29.8 Å². The first-order chi connectivity index (χ1) is 9.85. The molecule has 116 valence electrons. The number of nitrogens with one attached hydrogen (secondary N) is 2. The Morgan fingerprint density at radius 3 is 2.05 bits per heavy atom. The van der Waals surface area contributed by atoms with E-state index in [1.807, 2.05) is 51.3 Å². The first-order valence-electron chi connectivity index (χ1n) is 7.06. The molecule has 0 bridgehead atoms. The predicted octanol–water partition coefficient (Wildman–Crippen LogP) is 2.75. The molecular formula is C16H24N2O2S. The minimum atomic E-state index is -0.504. The van der Waals surface area contributed by atoms with Gasteiger partial charge in [-0.25, -0.2) is 0 Å². The second-order valence-corrected chi connectivity index (χ2v) is 6.31. The van der Waals surface area contributed by atoms with E-state index in [1.165, 1.54) is 11.8 Å². The summed E-state index contributed by atoms with van der Waals surface area (Å²) in [5.74, 6) is -0.303. The van der Waals surface area contributed by atoms with Gasteiger partial charge in [-0.3, -0.25) is 9.59 Å². The van der Waals surface area contributed by atoms with Crippen molar-refractivity contribution in [2.75, 3.05) is 6.26 Å². The van der Waals surface area contributed by atoms with Crippen molar-refractivity contribution in [1.82, 2.24) is 10.6 Å². The predicted molar refractivity (Wildman–Crippen MR) is 87.2 cm³/mol. The minimum absolute atomic E-state index is 0.0416. The molecule has 1 aromatic rings. The third-order valence-corrected chi connectivity index (χ3v) is 4.03. The maximum atomic E-state index is 12.3. The Labute approximate surface area is 131 Å². The Bertz CT molecular complexity index is 486. The van der Waals surface area contributed by atoms with Gasteiger partial charge < -0.3 is 10.6 Å². The van der Waals surface area contributed by atoms with Gasteiger partial charge in [0.1, 0.15) is 6.04 Å². The normalized spacial score (nSPS) is 13.6. The van der Waals surface area contributed by atoms with Crippen LogP contribution in [-0.2, 0) is 9.59 Å². The van der Waals surface area contributed by atoms with Crippen LogP contribution in [0.15, 0.2) is 29.2 Å². The molecule has 0 saturated heterocycles. The van der Waals surface area contributed by atoms with Crippen molar-refractivity contribution in [3.63, 3.8) is 0 Å². The molecule has 2 atom stereocenters. The number of hydrogen-bond donors (Lipinski definition) is 2. The Kier molecular flexibility index (Phi) is 6.75. The topological polar surface area (TPSA) is 58.2 Å². The molecule has 0 aliphatic rings. The Hall–Kier alpha value is -1.49. The van der Waals surface area contributed by atoms with Crippen LogP contribution in [0.3, 0.4) is 0 Å². The fraction of sp³-hybridized carbons (Fsp3) is 0.500. The third kappa shape index (κ3) is 5.42. The molecule has 0 saturated carbocycles. The molecular weight excluding hydrogens is 284 g/mol. The molecule has 21 heavy (non-hydrogen) atoms. The van der Waals surface area contributed by atoms with E-state index in [0.29, 0.717) is 0 Å². The van der Waals surface area contributed by atoms with Gasteiger partial charge in [-0.1, -0.05) is 26.0 Å². The number of carbonyl (C=O) groups is 2. The molecule has 0 fully saturated rings. The van der Waals surface area contributed by atoms with Crippen LogP contribution in [0.5, 0.6) is 0 Å². The van der Waals surface area contributed by atoms with Crippen LogP contribution in [0.1, 0.15) is 39.3 Å². The van der Waals surface area contributed by atoms with E-state index in [-0.39, 0.29) is 23.8 Å².